The molecule has 1 aromatic carbocycles. The Morgan fingerprint density at radius 3 is 2.53 bits per heavy atom. The van der Waals surface area contributed by atoms with Crippen LogP contribution in [-0.2, 0) is 0 Å². The third kappa shape index (κ3) is 3.44. The molecule has 94 valence electrons. The van der Waals surface area contributed by atoms with Gasteiger partial charge in [-0.25, -0.2) is 0 Å². The first-order valence-electron chi connectivity index (χ1n) is 6.36. The van der Waals surface area contributed by atoms with Crippen LogP contribution in [0.25, 0.3) is 0 Å². The van der Waals surface area contributed by atoms with Gasteiger partial charge in [0.15, 0.2) is 0 Å². The molecular formula is C14H20ClNO. The third-order valence-corrected chi connectivity index (χ3v) is 3.82. The Kier molecular flexibility index (Phi) is 4.43. The van der Waals surface area contributed by atoms with Crippen molar-refractivity contribution in [2.24, 2.45) is 0 Å². The van der Waals surface area contributed by atoms with Gasteiger partial charge < -0.3 is 10.4 Å². The number of rotatable bonds is 3. The molecule has 2 N–H and O–H groups in total. The molecule has 0 saturated heterocycles. The zero-order valence-electron chi connectivity index (χ0n) is 10.2. The van der Waals surface area contributed by atoms with Gasteiger partial charge in [-0.2, -0.15) is 0 Å². The molecule has 1 fully saturated rings. The molecule has 3 heteroatoms. The van der Waals surface area contributed by atoms with E-state index in [2.05, 4.69) is 12.2 Å². The van der Waals surface area contributed by atoms with Gasteiger partial charge in [0.2, 0.25) is 0 Å². The summed E-state index contributed by atoms with van der Waals surface area (Å²) < 4.78 is 0. The van der Waals surface area contributed by atoms with Crippen molar-refractivity contribution in [2.75, 3.05) is 0 Å². The Balaban J connectivity index is 1.95. The van der Waals surface area contributed by atoms with Gasteiger partial charge in [-0.1, -0.05) is 36.6 Å². The van der Waals surface area contributed by atoms with Crippen LogP contribution in [0.3, 0.4) is 0 Å². The molecule has 0 bridgehead atoms. The number of benzene rings is 1. The zero-order chi connectivity index (χ0) is 12.3. The topological polar surface area (TPSA) is 32.3 Å². The predicted molar refractivity (Wildman–Crippen MR) is 71.3 cm³/mol. The second-order valence-corrected chi connectivity index (χ2v) is 5.33. The van der Waals surface area contributed by atoms with Crippen molar-refractivity contribution in [3.8, 4) is 0 Å². The molecule has 2 nitrogen and oxygen atoms in total. The number of nitrogens with one attached hydrogen (secondary N) is 1. The summed E-state index contributed by atoms with van der Waals surface area (Å²) >= 11 is 5.87. The van der Waals surface area contributed by atoms with Gasteiger partial charge in [0.1, 0.15) is 0 Å². The largest absolute Gasteiger partial charge is 0.392 e. The maximum atomic E-state index is 9.93. The normalized spacial score (nSPS) is 26.8. The van der Waals surface area contributed by atoms with Crippen molar-refractivity contribution >= 4 is 11.6 Å². The van der Waals surface area contributed by atoms with Gasteiger partial charge >= 0.3 is 0 Å². The van der Waals surface area contributed by atoms with Crippen molar-refractivity contribution in [1.82, 2.24) is 5.32 Å². The molecule has 1 aromatic rings. The molecule has 0 aliphatic heterocycles. The van der Waals surface area contributed by atoms with Crippen LogP contribution in [0.1, 0.15) is 44.2 Å². The Morgan fingerprint density at radius 1 is 1.24 bits per heavy atom. The number of aliphatic hydroxyl groups excluding tert-OH is 1. The van der Waals surface area contributed by atoms with Crippen molar-refractivity contribution in [3.63, 3.8) is 0 Å². The van der Waals surface area contributed by atoms with E-state index in [4.69, 9.17) is 11.6 Å². The smallest absolute Gasteiger partial charge is 0.0693 e. The van der Waals surface area contributed by atoms with E-state index in [1.807, 2.05) is 24.3 Å². The van der Waals surface area contributed by atoms with Crippen LogP contribution in [0.2, 0.25) is 5.02 Å². The van der Waals surface area contributed by atoms with E-state index in [0.717, 1.165) is 24.3 Å². The lowest BCUT2D eigenvalue weighted by Crippen LogP contribution is -2.43. The summed E-state index contributed by atoms with van der Waals surface area (Å²) in [5.41, 5.74) is 1.21. The number of halogens is 1. The van der Waals surface area contributed by atoms with E-state index in [0.29, 0.717) is 0 Å². The molecule has 2 rings (SSSR count). The minimum atomic E-state index is -0.196. The first-order chi connectivity index (χ1) is 8.16. The lowest BCUT2D eigenvalue weighted by Gasteiger charge is -2.31. The molecule has 0 amide bonds. The van der Waals surface area contributed by atoms with Crippen molar-refractivity contribution in [3.05, 3.63) is 34.9 Å². The van der Waals surface area contributed by atoms with Crippen molar-refractivity contribution in [2.45, 2.75) is 50.8 Å². The highest BCUT2D eigenvalue weighted by atomic mass is 35.5. The number of hydrogen-bond acceptors (Lipinski definition) is 2. The van der Waals surface area contributed by atoms with Gasteiger partial charge in [-0.15, -0.1) is 0 Å². The lowest BCUT2D eigenvalue weighted by atomic mass is 9.91. The van der Waals surface area contributed by atoms with E-state index < -0.39 is 0 Å². The van der Waals surface area contributed by atoms with E-state index in [-0.39, 0.29) is 18.2 Å². The van der Waals surface area contributed by atoms with Crippen LogP contribution in [0.5, 0.6) is 0 Å². The van der Waals surface area contributed by atoms with Crippen LogP contribution in [0.15, 0.2) is 24.3 Å². The molecule has 0 spiro atoms. The average Bonchev–Trinajstić information content (AvgIpc) is 2.33. The van der Waals surface area contributed by atoms with Gasteiger partial charge in [0.25, 0.3) is 0 Å². The summed E-state index contributed by atoms with van der Waals surface area (Å²) in [4.78, 5) is 0. The molecule has 1 aliphatic carbocycles. The molecule has 1 aliphatic rings. The molecular weight excluding hydrogens is 234 g/mol. The Morgan fingerprint density at radius 2 is 1.88 bits per heavy atom. The van der Waals surface area contributed by atoms with Crippen molar-refractivity contribution in [1.29, 1.82) is 0 Å². The summed E-state index contributed by atoms with van der Waals surface area (Å²) in [5.74, 6) is 0. The summed E-state index contributed by atoms with van der Waals surface area (Å²) in [7, 11) is 0. The second-order valence-electron chi connectivity index (χ2n) is 4.90. The molecule has 0 radical (unpaired) electrons. The standard InChI is InChI=1S/C14H20ClNO/c1-10(11-6-8-12(15)9-7-11)16-13-4-2-3-5-14(13)17/h6-10,13-14,16-17H,2-5H2,1H3/t10?,13-,14-/m0/s1. The summed E-state index contributed by atoms with van der Waals surface area (Å²) in [6.45, 7) is 2.13. The monoisotopic (exact) mass is 253 g/mol. The van der Waals surface area contributed by atoms with Gasteiger partial charge in [-0.05, 0) is 37.5 Å². The zero-order valence-corrected chi connectivity index (χ0v) is 11.0. The quantitative estimate of drug-likeness (QED) is 0.867. The molecule has 3 atom stereocenters. The average molecular weight is 254 g/mol. The van der Waals surface area contributed by atoms with Gasteiger partial charge in [0, 0.05) is 17.1 Å². The molecule has 0 heterocycles. The molecule has 0 aromatic heterocycles. The number of hydrogen-bond donors (Lipinski definition) is 2. The highest BCUT2D eigenvalue weighted by Crippen LogP contribution is 2.22. The van der Waals surface area contributed by atoms with E-state index in [1.165, 1.54) is 12.0 Å². The minimum Gasteiger partial charge on any atom is -0.392 e. The van der Waals surface area contributed by atoms with E-state index >= 15 is 0 Å². The third-order valence-electron chi connectivity index (χ3n) is 3.56. The van der Waals surface area contributed by atoms with Crippen LogP contribution in [-0.4, -0.2) is 17.3 Å². The predicted octanol–water partition coefficient (Wildman–Crippen LogP) is 3.29. The van der Waals surface area contributed by atoms with Crippen LogP contribution >= 0.6 is 11.6 Å². The van der Waals surface area contributed by atoms with E-state index in [1.54, 1.807) is 0 Å². The molecule has 17 heavy (non-hydrogen) atoms. The SMILES string of the molecule is CC(N[C@H]1CCCC[C@@H]1O)c1ccc(Cl)cc1. The van der Waals surface area contributed by atoms with Crippen LogP contribution in [0, 0.1) is 0 Å². The fourth-order valence-electron chi connectivity index (χ4n) is 2.47. The maximum Gasteiger partial charge on any atom is 0.0693 e. The second kappa shape index (κ2) is 5.85. The van der Waals surface area contributed by atoms with Crippen molar-refractivity contribution < 1.29 is 5.11 Å². The lowest BCUT2D eigenvalue weighted by molar-refractivity contribution is 0.0860. The minimum absolute atomic E-state index is 0.196. The Hall–Kier alpha value is -0.570. The highest BCUT2D eigenvalue weighted by molar-refractivity contribution is 6.30. The van der Waals surface area contributed by atoms with Crippen LogP contribution < -0.4 is 5.32 Å². The van der Waals surface area contributed by atoms with Gasteiger partial charge in [0.05, 0.1) is 6.10 Å². The Bertz CT molecular complexity index is 352. The van der Waals surface area contributed by atoms with Gasteiger partial charge in [-0.3, -0.25) is 0 Å². The first kappa shape index (κ1) is 12.9. The summed E-state index contributed by atoms with van der Waals surface area (Å²) in [6, 6.07) is 8.38. The Labute approximate surface area is 108 Å². The first-order valence-corrected chi connectivity index (χ1v) is 6.74. The molecule has 1 saturated carbocycles. The van der Waals surface area contributed by atoms with Crippen LogP contribution in [0.4, 0.5) is 0 Å². The number of aliphatic hydroxyl groups is 1. The maximum absolute atomic E-state index is 9.93. The van der Waals surface area contributed by atoms with E-state index in [9.17, 15) is 5.11 Å². The molecule has 1 unspecified atom stereocenters. The fraction of sp³-hybridized carbons (Fsp3) is 0.571. The summed E-state index contributed by atoms with van der Waals surface area (Å²) in [5, 5.41) is 14.2. The fourth-order valence-corrected chi connectivity index (χ4v) is 2.60. The highest BCUT2D eigenvalue weighted by Gasteiger charge is 2.24. The summed E-state index contributed by atoms with van der Waals surface area (Å²) in [6.07, 6.45) is 4.15.